The highest BCUT2D eigenvalue weighted by Gasteiger charge is 2.42. The van der Waals surface area contributed by atoms with Crippen molar-refractivity contribution in [3.05, 3.63) is 24.3 Å². The maximum absolute atomic E-state index is 11.7. The number of piperidine rings is 1. The Morgan fingerprint density at radius 1 is 1.21 bits per heavy atom. The van der Waals surface area contributed by atoms with E-state index < -0.39 is 0 Å². The predicted octanol–water partition coefficient (Wildman–Crippen LogP) is 1.50. The third kappa shape index (κ3) is 1.06. The van der Waals surface area contributed by atoms with Crippen LogP contribution in [-0.4, -0.2) is 12.5 Å². The van der Waals surface area contributed by atoms with E-state index in [1.165, 1.54) is 0 Å². The van der Waals surface area contributed by atoms with Crippen LogP contribution >= 0.6 is 0 Å². The molecule has 1 heterocycles. The molecule has 4 atom stereocenters. The molecule has 2 nitrogen and oxygen atoms in total. The number of allylic oxidation sites excluding steroid dienone is 3. The molecule has 0 saturated carbocycles. The van der Waals surface area contributed by atoms with Gasteiger partial charge >= 0.3 is 0 Å². The molecule has 2 heteroatoms. The molecule has 4 unspecified atom stereocenters. The molecule has 1 aliphatic heterocycles. The highest BCUT2D eigenvalue weighted by Crippen LogP contribution is 2.42. The van der Waals surface area contributed by atoms with Gasteiger partial charge in [-0.15, -0.1) is 0 Å². The number of nitrogens with one attached hydrogen (secondary N) is 1. The monoisotopic (exact) mass is 189 g/mol. The largest absolute Gasteiger partial charge is 0.355 e. The summed E-state index contributed by atoms with van der Waals surface area (Å²) in [4.78, 5) is 11.7. The summed E-state index contributed by atoms with van der Waals surface area (Å²) in [6.07, 6.45) is 11.2. The number of rotatable bonds is 0. The van der Waals surface area contributed by atoms with Gasteiger partial charge in [0.15, 0.2) is 0 Å². The first-order valence-electron chi connectivity index (χ1n) is 5.47. The van der Waals surface area contributed by atoms with E-state index in [-0.39, 0.29) is 11.8 Å². The zero-order chi connectivity index (χ0) is 9.54. The van der Waals surface area contributed by atoms with E-state index in [0.717, 1.165) is 19.4 Å². The molecule has 3 aliphatic rings. The molecule has 2 aliphatic carbocycles. The minimum Gasteiger partial charge on any atom is -0.355 e. The average Bonchev–Trinajstić information content (AvgIpc) is 2.24. The fourth-order valence-electron chi connectivity index (χ4n) is 3.20. The quantitative estimate of drug-likeness (QED) is 0.575. The van der Waals surface area contributed by atoms with Crippen LogP contribution in [0.15, 0.2) is 24.3 Å². The van der Waals surface area contributed by atoms with E-state index in [1.807, 2.05) is 0 Å². The Labute approximate surface area is 84.1 Å². The Hall–Kier alpha value is -1.05. The van der Waals surface area contributed by atoms with Crippen molar-refractivity contribution < 1.29 is 4.79 Å². The number of amides is 1. The van der Waals surface area contributed by atoms with Crippen molar-refractivity contribution in [2.75, 3.05) is 6.54 Å². The molecule has 1 N–H and O–H groups in total. The van der Waals surface area contributed by atoms with Gasteiger partial charge in [-0.1, -0.05) is 24.3 Å². The van der Waals surface area contributed by atoms with Crippen molar-refractivity contribution in [1.82, 2.24) is 5.32 Å². The Morgan fingerprint density at radius 2 is 2.07 bits per heavy atom. The lowest BCUT2D eigenvalue weighted by Crippen LogP contribution is -2.51. The van der Waals surface area contributed by atoms with Gasteiger partial charge in [-0.05, 0) is 30.6 Å². The summed E-state index contributed by atoms with van der Waals surface area (Å²) >= 11 is 0. The van der Waals surface area contributed by atoms with Crippen LogP contribution in [0, 0.1) is 23.7 Å². The molecule has 1 fully saturated rings. The summed E-state index contributed by atoms with van der Waals surface area (Å²) in [5, 5.41) is 3.01. The van der Waals surface area contributed by atoms with Crippen molar-refractivity contribution >= 4 is 5.91 Å². The van der Waals surface area contributed by atoms with Gasteiger partial charge in [0.1, 0.15) is 0 Å². The summed E-state index contributed by atoms with van der Waals surface area (Å²) < 4.78 is 0. The highest BCUT2D eigenvalue weighted by atomic mass is 16.1. The Balaban J connectivity index is 1.99. The smallest absolute Gasteiger partial charge is 0.227 e. The lowest BCUT2D eigenvalue weighted by atomic mass is 9.64. The molecular weight excluding hydrogens is 174 g/mol. The van der Waals surface area contributed by atoms with Crippen LogP contribution in [0.3, 0.4) is 0 Å². The fraction of sp³-hybridized carbons (Fsp3) is 0.583. The van der Waals surface area contributed by atoms with Crippen LogP contribution in [0.1, 0.15) is 12.8 Å². The van der Waals surface area contributed by atoms with Crippen LogP contribution in [0.2, 0.25) is 0 Å². The number of hydrogen-bond acceptors (Lipinski definition) is 1. The molecule has 1 saturated heterocycles. The van der Waals surface area contributed by atoms with Crippen LogP contribution in [0.25, 0.3) is 0 Å². The van der Waals surface area contributed by atoms with Crippen molar-refractivity contribution in [2.24, 2.45) is 23.7 Å². The molecule has 14 heavy (non-hydrogen) atoms. The first kappa shape index (κ1) is 8.27. The van der Waals surface area contributed by atoms with Crippen molar-refractivity contribution in [3.8, 4) is 0 Å². The lowest BCUT2D eigenvalue weighted by molar-refractivity contribution is -0.129. The van der Waals surface area contributed by atoms with Crippen LogP contribution in [-0.2, 0) is 4.79 Å². The highest BCUT2D eigenvalue weighted by molar-refractivity contribution is 5.82. The first-order valence-corrected chi connectivity index (χ1v) is 5.47. The molecule has 0 aromatic carbocycles. The topological polar surface area (TPSA) is 29.1 Å². The number of carbonyl (C=O) groups is 1. The fourth-order valence-corrected chi connectivity index (χ4v) is 3.20. The number of hydrogen-bond donors (Lipinski definition) is 1. The molecule has 0 spiro atoms. The van der Waals surface area contributed by atoms with Gasteiger partial charge in [0.2, 0.25) is 5.91 Å². The molecule has 0 aromatic rings. The van der Waals surface area contributed by atoms with Gasteiger partial charge in [0.25, 0.3) is 0 Å². The SMILES string of the molecule is O=C1NCC2CC=CC3CC=CC1C32. The number of carbonyl (C=O) groups excluding carboxylic acids is 1. The third-order valence-corrected chi connectivity index (χ3v) is 3.87. The van der Waals surface area contributed by atoms with Crippen LogP contribution in [0.5, 0.6) is 0 Å². The summed E-state index contributed by atoms with van der Waals surface area (Å²) in [6, 6.07) is 0. The van der Waals surface area contributed by atoms with Crippen molar-refractivity contribution in [1.29, 1.82) is 0 Å². The lowest BCUT2D eigenvalue weighted by Gasteiger charge is -2.44. The van der Waals surface area contributed by atoms with E-state index in [9.17, 15) is 4.79 Å². The van der Waals surface area contributed by atoms with E-state index in [2.05, 4.69) is 29.6 Å². The molecular formula is C12H15NO. The summed E-state index contributed by atoms with van der Waals surface area (Å²) in [5.41, 5.74) is 0. The average molecular weight is 189 g/mol. The van der Waals surface area contributed by atoms with E-state index in [4.69, 9.17) is 0 Å². The molecule has 3 rings (SSSR count). The maximum Gasteiger partial charge on any atom is 0.227 e. The zero-order valence-corrected chi connectivity index (χ0v) is 8.15. The molecule has 74 valence electrons. The maximum atomic E-state index is 11.7. The summed E-state index contributed by atoms with van der Waals surface area (Å²) in [6.45, 7) is 0.884. The Bertz CT molecular complexity index is 318. The van der Waals surface area contributed by atoms with Gasteiger partial charge in [-0.3, -0.25) is 4.79 Å². The van der Waals surface area contributed by atoms with Crippen molar-refractivity contribution in [2.45, 2.75) is 12.8 Å². The van der Waals surface area contributed by atoms with Gasteiger partial charge in [0, 0.05) is 6.54 Å². The molecule has 1 amide bonds. The summed E-state index contributed by atoms with van der Waals surface area (Å²) in [5.74, 6) is 2.27. The van der Waals surface area contributed by atoms with Gasteiger partial charge in [0.05, 0.1) is 5.92 Å². The minimum absolute atomic E-state index is 0.150. The molecule has 0 bridgehead atoms. The zero-order valence-electron chi connectivity index (χ0n) is 8.15. The second-order valence-electron chi connectivity index (χ2n) is 4.60. The minimum atomic E-state index is 0.150. The van der Waals surface area contributed by atoms with Crippen LogP contribution < -0.4 is 5.32 Å². The normalized spacial score (nSPS) is 44.4. The van der Waals surface area contributed by atoms with E-state index in [1.54, 1.807) is 0 Å². The van der Waals surface area contributed by atoms with E-state index in [0.29, 0.717) is 17.8 Å². The van der Waals surface area contributed by atoms with Gasteiger partial charge in [-0.2, -0.15) is 0 Å². The molecule has 0 radical (unpaired) electrons. The third-order valence-electron chi connectivity index (χ3n) is 3.87. The second kappa shape index (κ2) is 2.97. The molecule has 0 aromatic heterocycles. The summed E-state index contributed by atoms with van der Waals surface area (Å²) in [7, 11) is 0. The predicted molar refractivity (Wildman–Crippen MR) is 54.5 cm³/mol. The van der Waals surface area contributed by atoms with Gasteiger partial charge in [-0.25, -0.2) is 0 Å². The Morgan fingerprint density at radius 3 is 3.00 bits per heavy atom. The first-order chi connectivity index (χ1) is 6.86. The standard InChI is InChI=1S/C12H15NO/c14-12-10-6-2-4-8-3-1-5-9(7-13-12)11(8)10/h1-3,6,8-11H,4-5,7H2,(H,13,14). The van der Waals surface area contributed by atoms with Gasteiger partial charge < -0.3 is 5.32 Å². The second-order valence-corrected chi connectivity index (χ2v) is 4.60. The van der Waals surface area contributed by atoms with Crippen LogP contribution in [0.4, 0.5) is 0 Å². The van der Waals surface area contributed by atoms with Crippen molar-refractivity contribution in [3.63, 3.8) is 0 Å². The Kier molecular flexibility index (Phi) is 1.76. The van der Waals surface area contributed by atoms with E-state index >= 15 is 0 Å².